The summed E-state index contributed by atoms with van der Waals surface area (Å²) >= 11 is 0. The number of likely N-dealkylation sites (tertiary alicyclic amines) is 1. The number of aliphatic hydroxyl groups is 1. The SMILES string of the molecule is CC/C=C/C(C#N)=C(\C=C(/C)NC(=O)N1CCCc2cc(CO)c(C=O)nc21)N1CCC(CC)(CCC(C)CC)CC1. The Bertz CT molecular complexity index is 1230. The van der Waals surface area contributed by atoms with E-state index < -0.39 is 0 Å². The van der Waals surface area contributed by atoms with Crippen LogP contribution in [-0.2, 0) is 13.0 Å². The van der Waals surface area contributed by atoms with Gasteiger partial charge in [0.05, 0.1) is 17.9 Å². The second kappa shape index (κ2) is 15.7. The van der Waals surface area contributed by atoms with Gasteiger partial charge in [0.2, 0.25) is 0 Å². The Labute approximate surface area is 252 Å². The van der Waals surface area contributed by atoms with Crippen LogP contribution in [0.1, 0.15) is 108 Å². The van der Waals surface area contributed by atoms with E-state index in [1.165, 1.54) is 25.7 Å². The molecule has 2 N–H and O–H groups in total. The molecule has 1 aromatic heterocycles. The molecule has 1 unspecified atom stereocenters. The molecule has 0 radical (unpaired) electrons. The summed E-state index contributed by atoms with van der Waals surface area (Å²) in [7, 11) is 0. The Morgan fingerprint density at radius 1 is 1.26 bits per heavy atom. The number of urea groups is 1. The lowest BCUT2D eigenvalue weighted by Gasteiger charge is -2.43. The molecule has 0 bridgehead atoms. The third-order valence-electron chi connectivity index (χ3n) is 9.15. The Hall–Kier alpha value is -3.44. The molecule has 1 saturated heterocycles. The number of aryl methyl sites for hydroxylation is 1. The molecular formula is C34H49N5O3. The largest absolute Gasteiger partial charge is 0.392 e. The van der Waals surface area contributed by atoms with Crippen LogP contribution in [0.25, 0.3) is 0 Å². The minimum atomic E-state index is -0.332. The van der Waals surface area contributed by atoms with E-state index in [0.717, 1.165) is 62.4 Å². The van der Waals surface area contributed by atoms with Gasteiger partial charge in [-0.3, -0.25) is 9.69 Å². The summed E-state index contributed by atoms with van der Waals surface area (Å²) in [5.74, 6) is 1.19. The van der Waals surface area contributed by atoms with Gasteiger partial charge in [0.15, 0.2) is 6.29 Å². The maximum absolute atomic E-state index is 13.5. The zero-order valence-electron chi connectivity index (χ0n) is 26.2. The second-order valence-electron chi connectivity index (χ2n) is 11.9. The van der Waals surface area contributed by atoms with Crippen LogP contribution < -0.4 is 10.2 Å². The summed E-state index contributed by atoms with van der Waals surface area (Å²) in [6.45, 7) is 12.7. The highest BCUT2D eigenvalue weighted by molar-refractivity contribution is 5.93. The van der Waals surface area contributed by atoms with Gasteiger partial charge < -0.3 is 15.3 Å². The summed E-state index contributed by atoms with van der Waals surface area (Å²) in [5, 5.41) is 22.7. The van der Waals surface area contributed by atoms with E-state index >= 15 is 0 Å². The number of pyridine rings is 1. The molecule has 228 valence electrons. The molecule has 3 rings (SSSR count). The molecule has 0 aromatic carbocycles. The number of rotatable bonds is 12. The first-order chi connectivity index (χ1) is 20.2. The molecule has 0 spiro atoms. The van der Waals surface area contributed by atoms with Crippen molar-refractivity contribution in [2.45, 2.75) is 99.0 Å². The highest BCUT2D eigenvalue weighted by Crippen LogP contribution is 2.41. The summed E-state index contributed by atoms with van der Waals surface area (Å²) in [6, 6.07) is 3.83. The van der Waals surface area contributed by atoms with Gasteiger partial charge in [-0.1, -0.05) is 53.0 Å². The summed E-state index contributed by atoms with van der Waals surface area (Å²) in [5.41, 5.74) is 3.85. The van der Waals surface area contributed by atoms with Crippen LogP contribution in [0.2, 0.25) is 0 Å². The first-order valence-electron chi connectivity index (χ1n) is 15.7. The Kier molecular flexibility index (Phi) is 12.4. The Balaban J connectivity index is 1.84. The van der Waals surface area contributed by atoms with Gasteiger partial charge >= 0.3 is 6.03 Å². The number of allylic oxidation sites excluding steroid dienone is 5. The molecule has 8 nitrogen and oxygen atoms in total. The number of nitrogens with zero attached hydrogens (tertiary/aromatic N) is 4. The fourth-order valence-electron chi connectivity index (χ4n) is 5.98. The number of carbonyl (C=O) groups excluding carboxylic acids is 2. The van der Waals surface area contributed by atoms with Crippen molar-refractivity contribution in [2.75, 3.05) is 24.5 Å². The van der Waals surface area contributed by atoms with Gasteiger partial charge in [-0.05, 0) is 80.6 Å². The number of amides is 2. The number of hydrogen-bond acceptors (Lipinski definition) is 6. The van der Waals surface area contributed by atoms with E-state index in [-0.39, 0.29) is 18.3 Å². The number of fused-ring (bicyclic) bond motifs is 1. The molecule has 2 aliphatic heterocycles. The van der Waals surface area contributed by atoms with Crippen molar-refractivity contribution in [3.05, 3.63) is 58.1 Å². The fourth-order valence-corrected chi connectivity index (χ4v) is 5.98. The number of carbonyl (C=O) groups is 2. The maximum atomic E-state index is 13.5. The average molecular weight is 576 g/mol. The van der Waals surface area contributed by atoms with Crippen LogP contribution in [0.3, 0.4) is 0 Å². The molecule has 0 aliphatic carbocycles. The molecule has 2 amide bonds. The predicted molar refractivity (Wildman–Crippen MR) is 168 cm³/mol. The highest BCUT2D eigenvalue weighted by Gasteiger charge is 2.34. The minimum Gasteiger partial charge on any atom is -0.392 e. The van der Waals surface area contributed by atoms with Gasteiger partial charge in [0, 0.05) is 30.9 Å². The van der Waals surface area contributed by atoms with Gasteiger partial charge in [0.1, 0.15) is 17.6 Å². The number of hydrogen-bond donors (Lipinski definition) is 2. The first kappa shape index (κ1) is 33.1. The minimum absolute atomic E-state index is 0.146. The molecule has 3 heterocycles. The van der Waals surface area contributed by atoms with E-state index in [1.54, 1.807) is 11.0 Å². The third-order valence-corrected chi connectivity index (χ3v) is 9.15. The van der Waals surface area contributed by atoms with Crippen molar-refractivity contribution in [3.63, 3.8) is 0 Å². The van der Waals surface area contributed by atoms with E-state index in [9.17, 15) is 20.0 Å². The lowest BCUT2D eigenvalue weighted by atomic mass is 9.71. The molecule has 1 fully saturated rings. The third kappa shape index (κ3) is 8.10. The molecule has 1 atom stereocenters. The molecule has 2 aliphatic rings. The van der Waals surface area contributed by atoms with Gasteiger partial charge in [-0.2, -0.15) is 5.26 Å². The predicted octanol–water partition coefficient (Wildman–Crippen LogP) is 6.81. The topological polar surface area (TPSA) is 110 Å². The zero-order valence-corrected chi connectivity index (χ0v) is 26.2. The number of aromatic nitrogens is 1. The van der Waals surface area contributed by atoms with Crippen LogP contribution in [0, 0.1) is 22.7 Å². The summed E-state index contributed by atoms with van der Waals surface area (Å²) < 4.78 is 0. The number of aldehydes is 1. The molecule has 0 saturated carbocycles. The molecule has 1 aromatic rings. The normalized spacial score (nSPS) is 18.3. The monoisotopic (exact) mass is 575 g/mol. The number of aliphatic hydroxyl groups excluding tert-OH is 1. The fraction of sp³-hybridized carbons (Fsp3) is 0.588. The summed E-state index contributed by atoms with van der Waals surface area (Å²) in [6.07, 6.45) is 15.8. The number of piperidine rings is 1. The van der Waals surface area contributed by atoms with Gasteiger partial charge in [-0.25, -0.2) is 9.78 Å². The maximum Gasteiger partial charge on any atom is 0.327 e. The van der Waals surface area contributed by atoms with Crippen molar-refractivity contribution in [3.8, 4) is 6.07 Å². The van der Waals surface area contributed by atoms with Crippen LogP contribution in [0.5, 0.6) is 0 Å². The Morgan fingerprint density at radius 3 is 2.60 bits per heavy atom. The smallest absolute Gasteiger partial charge is 0.327 e. The lowest BCUT2D eigenvalue weighted by Crippen LogP contribution is -2.43. The first-order valence-corrected chi connectivity index (χ1v) is 15.7. The van der Waals surface area contributed by atoms with Crippen LogP contribution in [0.15, 0.2) is 41.3 Å². The Morgan fingerprint density at radius 2 is 2.00 bits per heavy atom. The molecular weight excluding hydrogens is 526 g/mol. The number of anilines is 1. The number of nitrogens with one attached hydrogen (secondary N) is 1. The highest BCUT2D eigenvalue weighted by atomic mass is 16.3. The van der Waals surface area contributed by atoms with Crippen molar-refractivity contribution in [2.24, 2.45) is 11.3 Å². The standard InChI is InChI=1S/C34H49N5O3/c1-6-9-11-28(22-35)31(38-18-15-34(8-3,16-19-38)14-13-25(4)7-2)20-26(5)36-33(42)39-17-10-12-27-21-29(23-40)30(24-41)37-32(27)39/h9,11,20-21,24-25,40H,6-8,10,12-19,23H2,1-5H3,(H,36,42)/b11-9+,26-20+,31-28-. The molecule has 42 heavy (non-hydrogen) atoms. The molecule has 8 heteroatoms. The van der Waals surface area contributed by atoms with Crippen LogP contribution in [0.4, 0.5) is 10.6 Å². The van der Waals surface area contributed by atoms with Gasteiger partial charge in [0.25, 0.3) is 0 Å². The van der Waals surface area contributed by atoms with E-state index in [4.69, 9.17) is 0 Å². The second-order valence-corrected chi connectivity index (χ2v) is 11.9. The average Bonchev–Trinajstić information content (AvgIpc) is 3.02. The van der Waals surface area contributed by atoms with E-state index in [1.807, 2.05) is 32.1 Å². The van der Waals surface area contributed by atoms with Crippen molar-refractivity contribution in [1.29, 1.82) is 5.26 Å². The van der Waals surface area contributed by atoms with E-state index in [2.05, 4.69) is 42.0 Å². The van der Waals surface area contributed by atoms with Crippen molar-refractivity contribution >= 4 is 18.1 Å². The quantitative estimate of drug-likeness (QED) is 0.161. The van der Waals surface area contributed by atoms with E-state index in [0.29, 0.717) is 40.9 Å². The van der Waals surface area contributed by atoms with Crippen LogP contribution >= 0.6 is 0 Å². The van der Waals surface area contributed by atoms with Crippen molar-refractivity contribution < 1.29 is 14.7 Å². The van der Waals surface area contributed by atoms with Gasteiger partial charge in [-0.15, -0.1) is 0 Å². The lowest BCUT2D eigenvalue weighted by molar-refractivity contribution is 0.106. The summed E-state index contributed by atoms with van der Waals surface area (Å²) in [4.78, 5) is 33.3. The van der Waals surface area contributed by atoms with Crippen molar-refractivity contribution in [1.82, 2.24) is 15.2 Å². The number of nitriles is 1. The van der Waals surface area contributed by atoms with Crippen LogP contribution in [-0.4, -0.2) is 46.9 Å². The zero-order chi connectivity index (χ0) is 30.7.